The van der Waals surface area contributed by atoms with E-state index in [1.165, 1.54) is 4.88 Å². The van der Waals surface area contributed by atoms with E-state index in [0.717, 1.165) is 30.3 Å². The van der Waals surface area contributed by atoms with Crippen molar-refractivity contribution in [2.45, 2.75) is 19.4 Å². The second-order valence-electron chi connectivity index (χ2n) is 4.94. The van der Waals surface area contributed by atoms with Crippen LogP contribution in [0, 0.1) is 0 Å². The first kappa shape index (κ1) is 19.4. The minimum atomic E-state index is 0. The van der Waals surface area contributed by atoms with Crippen molar-refractivity contribution in [3.05, 3.63) is 28.6 Å². The van der Waals surface area contributed by atoms with Gasteiger partial charge in [0.05, 0.1) is 17.0 Å². The molecule has 1 N–H and O–H groups in total. The first-order chi connectivity index (χ1) is 9.74. The molecule has 122 valence electrons. The molecule has 1 fully saturated rings. The van der Waals surface area contributed by atoms with Gasteiger partial charge in [0.2, 0.25) is 5.91 Å². The van der Waals surface area contributed by atoms with Crippen LogP contribution in [0.5, 0.6) is 0 Å². The molecule has 0 bridgehead atoms. The number of aromatic nitrogens is 1. The van der Waals surface area contributed by atoms with Gasteiger partial charge in [0.1, 0.15) is 5.01 Å². The van der Waals surface area contributed by atoms with E-state index in [4.69, 9.17) is 0 Å². The first-order valence-electron chi connectivity index (χ1n) is 6.72. The van der Waals surface area contributed by atoms with E-state index in [1.54, 1.807) is 22.7 Å². The molecular weight excluding hydrogens is 361 g/mol. The molecular formula is C14H19Cl2N3OS2. The smallest absolute Gasteiger partial charge is 0.228 e. The van der Waals surface area contributed by atoms with E-state index in [-0.39, 0.29) is 36.8 Å². The van der Waals surface area contributed by atoms with Crippen LogP contribution in [0.15, 0.2) is 22.9 Å². The van der Waals surface area contributed by atoms with E-state index in [0.29, 0.717) is 6.42 Å². The monoisotopic (exact) mass is 379 g/mol. The third-order valence-electron chi connectivity index (χ3n) is 3.44. The maximum atomic E-state index is 12.3. The van der Waals surface area contributed by atoms with Crippen molar-refractivity contribution >= 4 is 53.4 Å². The van der Waals surface area contributed by atoms with Crippen LogP contribution in [0.2, 0.25) is 0 Å². The van der Waals surface area contributed by atoms with Crippen molar-refractivity contribution in [1.82, 2.24) is 15.2 Å². The van der Waals surface area contributed by atoms with E-state index in [2.05, 4.69) is 23.3 Å². The van der Waals surface area contributed by atoms with Gasteiger partial charge in [-0.25, -0.2) is 4.98 Å². The largest absolute Gasteiger partial charge is 0.337 e. The number of carbonyl (C=O) groups is 1. The molecule has 22 heavy (non-hydrogen) atoms. The molecule has 2 aromatic rings. The number of amides is 1. The first-order valence-corrected chi connectivity index (χ1v) is 8.48. The molecule has 0 aromatic carbocycles. The van der Waals surface area contributed by atoms with Gasteiger partial charge in [0, 0.05) is 31.1 Å². The topological polar surface area (TPSA) is 45.2 Å². The second-order valence-corrected chi connectivity index (χ2v) is 6.74. The molecule has 3 heterocycles. The van der Waals surface area contributed by atoms with Crippen molar-refractivity contribution in [1.29, 1.82) is 0 Å². The van der Waals surface area contributed by atoms with Gasteiger partial charge < -0.3 is 10.2 Å². The Labute approximate surface area is 150 Å². The Balaban J connectivity index is 0.00000121. The van der Waals surface area contributed by atoms with Crippen molar-refractivity contribution in [2.24, 2.45) is 0 Å². The molecule has 1 atom stereocenters. The van der Waals surface area contributed by atoms with Gasteiger partial charge in [0.15, 0.2) is 0 Å². The summed E-state index contributed by atoms with van der Waals surface area (Å²) < 4.78 is 0. The van der Waals surface area contributed by atoms with Crippen LogP contribution < -0.4 is 5.32 Å². The van der Waals surface area contributed by atoms with Crippen molar-refractivity contribution < 1.29 is 4.79 Å². The maximum absolute atomic E-state index is 12.3. The van der Waals surface area contributed by atoms with Gasteiger partial charge in [-0.15, -0.1) is 47.5 Å². The second kappa shape index (κ2) is 8.84. The van der Waals surface area contributed by atoms with Gasteiger partial charge in [-0.05, 0) is 18.4 Å². The standard InChI is InChI=1S/C14H17N3OS2.2ClH/c1-10-8-15-4-5-17(10)13(18)7-11-9-20-14(16-11)12-3-2-6-19-12;;/h2-3,6,9-10,15H,4-5,7-8H2,1H3;2*1H. The summed E-state index contributed by atoms with van der Waals surface area (Å²) in [5.74, 6) is 0.182. The van der Waals surface area contributed by atoms with Gasteiger partial charge >= 0.3 is 0 Å². The van der Waals surface area contributed by atoms with Crippen molar-refractivity contribution in [2.75, 3.05) is 19.6 Å². The molecule has 0 radical (unpaired) electrons. The zero-order valence-corrected chi connectivity index (χ0v) is 15.4. The summed E-state index contributed by atoms with van der Waals surface area (Å²) in [7, 11) is 0. The minimum Gasteiger partial charge on any atom is -0.337 e. The van der Waals surface area contributed by atoms with Crippen LogP contribution in [-0.4, -0.2) is 41.5 Å². The lowest BCUT2D eigenvalue weighted by Crippen LogP contribution is -2.52. The lowest BCUT2D eigenvalue weighted by Gasteiger charge is -2.33. The van der Waals surface area contributed by atoms with Crippen LogP contribution >= 0.6 is 47.5 Å². The lowest BCUT2D eigenvalue weighted by atomic mass is 10.2. The molecule has 0 saturated carbocycles. The molecule has 1 aliphatic heterocycles. The van der Waals surface area contributed by atoms with Gasteiger partial charge in [-0.1, -0.05) is 6.07 Å². The third kappa shape index (κ3) is 4.43. The number of hydrogen-bond acceptors (Lipinski definition) is 5. The van der Waals surface area contributed by atoms with Crippen LogP contribution in [0.3, 0.4) is 0 Å². The van der Waals surface area contributed by atoms with Gasteiger partial charge in [0.25, 0.3) is 0 Å². The average Bonchev–Trinajstić information content (AvgIpc) is 3.09. The number of hydrogen-bond donors (Lipinski definition) is 1. The molecule has 1 aliphatic rings. The SMILES string of the molecule is CC1CNCCN1C(=O)Cc1csc(-c2cccs2)n1.Cl.Cl. The minimum absolute atomic E-state index is 0. The highest BCUT2D eigenvalue weighted by atomic mass is 35.5. The molecule has 2 aromatic heterocycles. The lowest BCUT2D eigenvalue weighted by molar-refractivity contribution is -0.133. The zero-order valence-electron chi connectivity index (χ0n) is 12.2. The molecule has 8 heteroatoms. The van der Waals surface area contributed by atoms with E-state index in [1.807, 2.05) is 21.7 Å². The number of halogens is 2. The summed E-state index contributed by atoms with van der Waals surface area (Å²) in [6.45, 7) is 4.64. The zero-order chi connectivity index (χ0) is 13.9. The van der Waals surface area contributed by atoms with Crippen LogP contribution in [0.4, 0.5) is 0 Å². The molecule has 1 amide bonds. The highest BCUT2D eigenvalue weighted by Gasteiger charge is 2.23. The Morgan fingerprint density at radius 2 is 2.27 bits per heavy atom. The molecule has 0 spiro atoms. The quantitative estimate of drug-likeness (QED) is 0.890. The van der Waals surface area contributed by atoms with Crippen molar-refractivity contribution in [3.63, 3.8) is 0 Å². The number of piperazine rings is 1. The maximum Gasteiger partial charge on any atom is 0.228 e. The fraction of sp³-hybridized carbons (Fsp3) is 0.429. The predicted octanol–water partition coefficient (Wildman–Crippen LogP) is 3.08. The summed E-state index contributed by atoms with van der Waals surface area (Å²) >= 11 is 3.29. The van der Waals surface area contributed by atoms with E-state index >= 15 is 0 Å². The fourth-order valence-corrected chi connectivity index (χ4v) is 4.00. The summed E-state index contributed by atoms with van der Waals surface area (Å²) in [5.41, 5.74) is 0.883. The Hall–Kier alpha value is -0.660. The number of carbonyl (C=O) groups excluding carboxylic acids is 1. The van der Waals surface area contributed by atoms with Gasteiger partial charge in [-0.3, -0.25) is 4.79 Å². The predicted molar refractivity (Wildman–Crippen MR) is 97.7 cm³/mol. The van der Waals surface area contributed by atoms with Crippen molar-refractivity contribution in [3.8, 4) is 9.88 Å². The van der Waals surface area contributed by atoms with Crippen LogP contribution in [0.25, 0.3) is 9.88 Å². The molecule has 4 nitrogen and oxygen atoms in total. The molecule has 3 rings (SSSR count). The Kier molecular flexibility index (Phi) is 7.79. The van der Waals surface area contributed by atoms with Crippen LogP contribution in [0.1, 0.15) is 12.6 Å². The van der Waals surface area contributed by atoms with E-state index in [9.17, 15) is 4.79 Å². The normalized spacial score (nSPS) is 17.5. The molecule has 1 saturated heterocycles. The Bertz CT molecular complexity index is 589. The third-order valence-corrected chi connectivity index (χ3v) is 5.37. The number of nitrogens with one attached hydrogen (secondary N) is 1. The molecule has 0 aliphatic carbocycles. The van der Waals surface area contributed by atoms with E-state index < -0.39 is 0 Å². The molecule has 1 unspecified atom stereocenters. The average molecular weight is 380 g/mol. The summed E-state index contributed by atoms with van der Waals surface area (Å²) in [6, 6.07) is 4.36. The summed E-state index contributed by atoms with van der Waals surface area (Å²) in [5, 5.41) is 8.36. The number of thiazole rings is 1. The van der Waals surface area contributed by atoms with Crippen LogP contribution in [-0.2, 0) is 11.2 Å². The number of rotatable bonds is 3. The number of nitrogens with zero attached hydrogens (tertiary/aromatic N) is 2. The Morgan fingerprint density at radius 1 is 1.45 bits per heavy atom. The fourth-order valence-electron chi connectivity index (χ4n) is 2.37. The number of thiophene rings is 1. The summed E-state index contributed by atoms with van der Waals surface area (Å²) in [4.78, 5) is 20.0. The highest BCUT2D eigenvalue weighted by Crippen LogP contribution is 2.28. The highest BCUT2D eigenvalue weighted by molar-refractivity contribution is 7.20. The van der Waals surface area contributed by atoms with Gasteiger partial charge in [-0.2, -0.15) is 0 Å². The summed E-state index contributed by atoms with van der Waals surface area (Å²) in [6.07, 6.45) is 0.409. The Morgan fingerprint density at radius 3 is 2.95 bits per heavy atom.